The van der Waals surface area contributed by atoms with Gasteiger partial charge in [-0.15, -0.1) is 0 Å². The van der Waals surface area contributed by atoms with E-state index in [0.29, 0.717) is 23.7 Å². The van der Waals surface area contributed by atoms with E-state index in [1.54, 1.807) is 18.2 Å². The third kappa shape index (κ3) is 4.19. The van der Waals surface area contributed by atoms with Crippen molar-refractivity contribution in [1.82, 2.24) is 0 Å². The van der Waals surface area contributed by atoms with Crippen LogP contribution in [-0.4, -0.2) is 33.3 Å². The molecular weight excluding hydrogens is 238 g/mol. The zero-order chi connectivity index (χ0) is 12.8. The van der Waals surface area contributed by atoms with Crippen LogP contribution in [0.3, 0.4) is 0 Å². The Morgan fingerprint density at radius 1 is 1.47 bits per heavy atom. The Morgan fingerprint density at radius 3 is 2.76 bits per heavy atom. The zero-order valence-electron chi connectivity index (χ0n) is 10.0. The molecule has 1 atom stereocenters. The molecule has 0 heterocycles. The summed E-state index contributed by atoms with van der Waals surface area (Å²) in [5, 5.41) is 12.0. The molecule has 1 unspecified atom stereocenters. The molecule has 0 saturated heterocycles. The quantitative estimate of drug-likeness (QED) is 0.814. The first-order valence-corrected chi connectivity index (χ1v) is 6.96. The molecule has 0 aliphatic carbocycles. The molecular formula is C12H17NO3S. The first kappa shape index (κ1) is 13.7. The van der Waals surface area contributed by atoms with E-state index in [4.69, 9.17) is 5.11 Å². The van der Waals surface area contributed by atoms with Crippen molar-refractivity contribution in [3.05, 3.63) is 29.3 Å². The maximum absolute atomic E-state index is 11.2. The Balaban J connectivity index is 2.72. The topological polar surface area (TPSA) is 66.4 Å². The monoisotopic (exact) mass is 255 g/mol. The van der Waals surface area contributed by atoms with Gasteiger partial charge < -0.3 is 10.4 Å². The van der Waals surface area contributed by atoms with Crippen molar-refractivity contribution in [2.24, 2.45) is 0 Å². The molecule has 2 N–H and O–H groups in total. The van der Waals surface area contributed by atoms with E-state index in [1.807, 2.05) is 13.8 Å². The summed E-state index contributed by atoms with van der Waals surface area (Å²) in [5.74, 6) is 0.203. The molecule has 0 radical (unpaired) electrons. The van der Waals surface area contributed by atoms with Crippen LogP contribution in [0.5, 0.6) is 0 Å². The van der Waals surface area contributed by atoms with E-state index in [0.717, 1.165) is 5.56 Å². The number of anilines is 1. The Hall–Kier alpha value is -1.36. The number of aryl methyl sites for hydroxylation is 1. The third-order valence-electron chi connectivity index (χ3n) is 2.37. The summed E-state index contributed by atoms with van der Waals surface area (Å²) in [6.45, 7) is 4.29. The lowest BCUT2D eigenvalue weighted by Gasteiger charge is -2.10. The van der Waals surface area contributed by atoms with Gasteiger partial charge in [0.2, 0.25) is 0 Å². The highest BCUT2D eigenvalue weighted by Gasteiger charge is 2.09. The molecule has 0 fully saturated rings. The fraction of sp³-hybridized carbons (Fsp3) is 0.417. The van der Waals surface area contributed by atoms with E-state index in [2.05, 4.69) is 5.32 Å². The first-order chi connectivity index (χ1) is 8.04. The van der Waals surface area contributed by atoms with E-state index >= 15 is 0 Å². The van der Waals surface area contributed by atoms with Crippen molar-refractivity contribution >= 4 is 22.5 Å². The second-order valence-corrected chi connectivity index (χ2v) is 5.58. The van der Waals surface area contributed by atoms with Crippen LogP contribution < -0.4 is 5.32 Å². The van der Waals surface area contributed by atoms with E-state index < -0.39 is 16.8 Å². The molecule has 5 heteroatoms. The normalized spacial score (nSPS) is 12.1. The van der Waals surface area contributed by atoms with Crippen LogP contribution in [0.15, 0.2) is 18.2 Å². The standard InChI is InChI=1S/C12H17NO3S/c1-3-17(16)7-6-13-11-8-9(2)4-5-10(11)12(14)15/h4-5,8,13H,3,6-7H2,1-2H3,(H,14,15). The van der Waals surface area contributed by atoms with Crippen molar-refractivity contribution in [2.75, 3.05) is 23.4 Å². The van der Waals surface area contributed by atoms with Crippen LogP contribution in [0.4, 0.5) is 5.69 Å². The molecule has 0 bridgehead atoms. The Labute approximate surface area is 104 Å². The molecule has 0 aliphatic rings. The fourth-order valence-corrected chi connectivity index (χ4v) is 2.05. The summed E-state index contributed by atoms with van der Waals surface area (Å²) >= 11 is 0. The van der Waals surface area contributed by atoms with Crippen LogP contribution in [0.2, 0.25) is 0 Å². The van der Waals surface area contributed by atoms with Gasteiger partial charge in [-0.25, -0.2) is 4.79 Å². The molecule has 0 spiro atoms. The highest BCUT2D eigenvalue weighted by Crippen LogP contribution is 2.17. The van der Waals surface area contributed by atoms with Gasteiger partial charge in [0.15, 0.2) is 0 Å². The van der Waals surface area contributed by atoms with Gasteiger partial charge in [0.1, 0.15) is 0 Å². The number of nitrogens with one attached hydrogen (secondary N) is 1. The van der Waals surface area contributed by atoms with Crippen LogP contribution in [0.1, 0.15) is 22.8 Å². The molecule has 4 nitrogen and oxygen atoms in total. The maximum Gasteiger partial charge on any atom is 0.337 e. The van der Waals surface area contributed by atoms with Gasteiger partial charge in [-0.3, -0.25) is 4.21 Å². The highest BCUT2D eigenvalue weighted by molar-refractivity contribution is 7.84. The third-order valence-corrected chi connectivity index (χ3v) is 3.68. The Bertz CT molecular complexity index is 432. The lowest BCUT2D eigenvalue weighted by atomic mass is 10.1. The predicted octanol–water partition coefficient (Wildman–Crippen LogP) is 1.87. The molecule has 0 amide bonds. The summed E-state index contributed by atoms with van der Waals surface area (Å²) in [6, 6.07) is 5.13. The number of aromatic carboxylic acids is 1. The summed E-state index contributed by atoms with van der Waals surface area (Å²) < 4.78 is 11.2. The molecule has 1 aromatic carbocycles. The first-order valence-electron chi connectivity index (χ1n) is 5.47. The number of hydrogen-bond donors (Lipinski definition) is 2. The molecule has 0 saturated carbocycles. The smallest absolute Gasteiger partial charge is 0.337 e. The Morgan fingerprint density at radius 2 is 2.18 bits per heavy atom. The molecule has 17 heavy (non-hydrogen) atoms. The molecule has 94 valence electrons. The lowest BCUT2D eigenvalue weighted by Crippen LogP contribution is -2.14. The van der Waals surface area contributed by atoms with Crippen molar-refractivity contribution in [2.45, 2.75) is 13.8 Å². The molecule has 1 aromatic rings. The minimum absolute atomic E-state index is 0.248. The van der Waals surface area contributed by atoms with E-state index in [9.17, 15) is 9.00 Å². The van der Waals surface area contributed by atoms with Gasteiger partial charge in [-0.2, -0.15) is 0 Å². The largest absolute Gasteiger partial charge is 0.478 e. The van der Waals surface area contributed by atoms with Gasteiger partial charge in [0.25, 0.3) is 0 Å². The Kier molecular flexibility index (Phi) is 5.15. The average molecular weight is 255 g/mol. The van der Waals surface area contributed by atoms with Crippen LogP contribution in [0, 0.1) is 6.92 Å². The van der Waals surface area contributed by atoms with E-state index in [1.165, 1.54) is 0 Å². The number of rotatable bonds is 6. The van der Waals surface area contributed by atoms with Gasteiger partial charge >= 0.3 is 5.97 Å². The second kappa shape index (κ2) is 6.39. The van der Waals surface area contributed by atoms with Crippen LogP contribution >= 0.6 is 0 Å². The number of carbonyl (C=O) groups is 1. The van der Waals surface area contributed by atoms with Crippen molar-refractivity contribution < 1.29 is 14.1 Å². The number of carboxylic acids is 1. The van der Waals surface area contributed by atoms with Gasteiger partial charge in [0, 0.05) is 34.5 Å². The average Bonchev–Trinajstić information content (AvgIpc) is 2.28. The molecule has 0 aliphatic heterocycles. The summed E-state index contributed by atoms with van der Waals surface area (Å²) in [5.41, 5.74) is 1.83. The zero-order valence-corrected chi connectivity index (χ0v) is 10.8. The number of carboxylic acid groups (broad SMARTS) is 1. The number of hydrogen-bond acceptors (Lipinski definition) is 3. The van der Waals surface area contributed by atoms with E-state index in [-0.39, 0.29) is 5.56 Å². The summed E-state index contributed by atoms with van der Waals surface area (Å²) in [7, 11) is -0.833. The highest BCUT2D eigenvalue weighted by atomic mass is 32.2. The summed E-state index contributed by atoms with van der Waals surface area (Å²) in [6.07, 6.45) is 0. The maximum atomic E-state index is 11.2. The van der Waals surface area contributed by atoms with Crippen LogP contribution in [0.25, 0.3) is 0 Å². The van der Waals surface area contributed by atoms with Crippen molar-refractivity contribution in [3.63, 3.8) is 0 Å². The van der Waals surface area contributed by atoms with Crippen molar-refractivity contribution in [3.8, 4) is 0 Å². The summed E-state index contributed by atoms with van der Waals surface area (Å²) in [4.78, 5) is 11.0. The van der Waals surface area contributed by atoms with Crippen molar-refractivity contribution in [1.29, 1.82) is 0 Å². The molecule has 0 aromatic heterocycles. The predicted molar refractivity (Wildman–Crippen MR) is 70.2 cm³/mol. The minimum Gasteiger partial charge on any atom is -0.478 e. The van der Waals surface area contributed by atoms with Gasteiger partial charge in [0.05, 0.1) is 5.56 Å². The van der Waals surface area contributed by atoms with Gasteiger partial charge in [-0.1, -0.05) is 13.0 Å². The second-order valence-electron chi connectivity index (χ2n) is 3.71. The molecule has 1 rings (SSSR count). The number of benzene rings is 1. The van der Waals surface area contributed by atoms with Crippen LogP contribution in [-0.2, 0) is 10.8 Å². The minimum atomic E-state index is -0.955. The lowest BCUT2D eigenvalue weighted by molar-refractivity contribution is 0.0698. The van der Waals surface area contributed by atoms with Gasteiger partial charge in [-0.05, 0) is 24.6 Å². The fourth-order valence-electron chi connectivity index (χ4n) is 1.43. The SMILES string of the molecule is CCS(=O)CCNc1cc(C)ccc1C(=O)O.